The smallest absolute Gasteiger partial charge is 0.0471 e. The molecular formula is C4H7OS2-. The quantitative estimate of drug-likeness (QED) is 0.415. The van der Waals surface area contributed by atoms with Gasteiger partial charge in [0.1, 0.15) is 0 Å². The molecule has 0 aromatic carbocycles. The van der Waals surface area contributed by atoms with Crippen molar-refractivity contribution in [2.45, 2.75) is 6.92 Å². The van der Waals surface area contributed by atoms with Gasteiger partial charge in [-0.25, -0.2) is 20.5 Å². The molecule has 42 valence electrons. The number of hydrogen-bond donors (Lipinski definition) is 0. The minimum absolute atomic E-state index is 0.506. The highest BCUT2D eigenvalue weighted by atomic mass is 32.8. The van der Waals surface area contributed by atoms with E-state index in [9.17, 15) is 4.21 Å². The third-order valence-corrected chi connectivity index (χ3v) is 1.34. The van der Waals surface area contributed by atoms with Gasteiger partial charge in [0.05, 0.1) is 0 Å². The summed E-state index contributed by atoms with van der Waals surface area (Å²) in [5.41, 5.74) is 0. The first kappa shape index (κ1) is 7.11. The highest BCUT2D eigenvalue weighted by Crippen LogP contribution is 1.70. The molecular weight excluding hydrogens is 128 g/mol. The van der Waals surface area contributed by atoms with E-state index >= 15 is 0 Å². The lowest BCUT2D eigenvalue weighted by Gasteiger charge is -1.85. The van der Waals surface area contributed by atoms with Gasteiger partial charge in [-0.3, -0.25) is 0 Å². The van der Waals surface area contributed by atoms with Crippen LogP contribution < -0.4 is 0 Å². The lowest BCUT2D eigenvalue weighted by molar-refractivity contribution is 0.605. The number of allylic oxidation sites excluding steroid dienone is 1. The Morgan fingerprint density at radius 2 is 2.43 bits per heavy atom. The molecule has 0 spiro atoms. The van der Waals surface area contributed by atoms with E-state index in [1.165, 1.54) is 0 Å². The van der Waals surface area contributed by atoms with E-state index in [0.29, 0.717) is 5.75 Å². The van der Waals surface area contributed by atoms with Crippen molar-refractivity contribution in [1.29, 1.82) is 0 Å². The lowest BCUT2D eigenvalue weighted by Crippen LogP contribution is -1.74. The molecule has 0 amide bonds. The summed E-state index contributed by atoms with van der Waals surface area (Å²) in [4.78, 5) is 0. The summed E-state index contributed by atoms with van der Waals surface area (Å²) in [6.45, 7) is 1.88. The van der Waals surface area contributed by atoms with Crippen LogP contribution in [-0.2, 0) is 24.8 Å². The predicted molar refractivity (Wildman–Crippen MR) is 35.1 cm³/mol. The third-order valence-electron chi connectivity index (χ3n) is 0.468. The maximum atomic E-state index is 10.1. The molecule has 7 heavy (non-hydrogen) atoms. The summed E-state index contributed by atoms with van der Waals surface area (Å²) in [6, 6.07) is 0. The van der Waals surface area contributed by atoms with Gasteiger partial charge in [-0.05, 0) is 6.92 Å². The zero-order valence-corrected chi connectivity index (χ0v) is 5.72. The largest absolute Gasteiger partial charge is 0.451 e. The first-order valence-corrected chi connectivity index (χ1v) is 4.18. The Hall–Kier alpha value is 0.110. The van der Waals surface area contributed by atoms with Crippen LogP contribution in [0, 0.1) is 0 Å². The van der Waals surface area contributed by atoms with Gasteiger partial charge in [-0.2, -0.15) is 0 Å². The van der Waals surface area contributed by atoms with Crippen molar-refractivity contribution < 1.29 is 4.21 Å². The second-order valence-electron chi connectivity index (χ2n) is 1.04. The molecule has 0 bridgehead atoms. The Morgan fingerprint density at radius 3 is 2.57 bits per heavy atom. The van der Waals surface area contributed by atoms with Crippen LogP contribution in [0.25, 0.3) is 0 Å². The highest BCUT2D eigenvalue weighted by Gasteiger charge is 1.57. The first-order valence-electron chi connectivity index (χ1n) is 1.94. The molecule has 0 heterocycles. The molecule has 3 heteroatoms. The molecule has 0 saturated heterocycles. The first-order chi connectivity index (χ1) is 3.27. The Kier molecular flexibility index (Phi) is 4.34. The summed E-state index contributed by atoms with van der Waals surface area (Å²) >= 11 is 4.37. The molecule has 0 unspecified atom stereocenters. The van der Waals surface area contributed by atoms with Crippen molar-refractivity contribution in [2.75, 3.05) is 5.75 Å². The SMILES string of the molecule is C/C=C/C[S-](=O)=S. The van der Waals surface area contributed by atoms with Crippen LogP contribution in [0.5, 0.6) is 0 Å². The lowest BCUT2D eigenvalue weighted by atomic mass is 10.6. The van der Waals surface area contributed by atoms with Gasteiger partial charge in [0, 0.05) is 0 Å². The Balaban J connectivity index is 3.33. The minimum atomic E-state index is -1.07. The molecule has 1 nitrogen and oxygen atoms in total. The van der Waals surface area contributed by atoms with Crippen molar-refractivity contribution in [3.63, 3.8) is 0 Å². The van der Waals surface area contributed by atoms with Crippen molar-refractivity contribution in [1.82, 2.24) is 0 Å². The van der Waals surface area contributed by atoms with Crippen molar-refractivity contribution in [2.24, 2.45) is 0 Å². The van der Waals surface area contributed by atoms with E-state index in [0.717, 1.165) is 0 Å². The highest BCUT2D eigenvalue weighted by molar-refractivity contribution is 8.21. The van der Waals surface area contributed by atoms with E-state index in [1.807, 2.05) is 13.0 Å². The zero-order valence-electron chi connectivity index (χ0n) is 4.09. The molecule has 0 rings (SSSR count). The maximum Gasteiger partial charge on any atom is -0.0471 e. The minimum Gasteiger partial charge on any atom is -0.451 e. The van der Waals surface area contributed by atoms with Gasteiger partial charge < -0.3 is 4.21 Å². The maximum absolute atomic E-state index is 10.1. The fourth-order valence-electron chi connectivity index (χ4n) is 0.175. The van der Waals surface area contributed by atoms with Crippen molar-refractivity contribution in [3.05, 3.63) is 12.2 Å². The topological polar surface area (TPSA) is 17.1 Å². The number of hydrogen-bond acceptors (Lipinski definition) is 3. The van der Waals surface area contributed by atoms with Gasteiger partial charge in [-0.1, -0.05) is 11.8 Å². The van der Waals surface area contributed by atoms with E-state index in [-0.39, 0.29) is 0 Å². The van der Waals surface area contributed by atoms with Crippen LogP contribution in [0.15, 0.2) is 12.2 Å². The van der Waals surface area contributed by atoms with Crippen LogP contribution in [0.2, 0.25) is 0 Å². The molecule has 0 aromatic heterocycles. The van der Waals surface area contributed by atoms with E-state index in [4.69, 9.17) is 0 Å². The molecule has 0 aliphatic rings. The molecule has 0 atom stereocenters. The molecule has 0 saturated carbocycles. The molecule has 0 N–H and O–H groups in total. The Labute approximate surface area is 50.1 Å². The van der Waals surface area contributed by atoms with Crippen LogP contribution in [0.3, 0.4) is 0 Å². The van der Waals surface area contributed by atoms with Gasteiger partial charge in [0.2, 0.25) is 0 Å². The van der Waals surface area contributed by atoms with Gasteiger partial charge >= 0.3 is 0 Å². The average Bonchev–Trinajstić information content (AvgIpc) is 1.61. The normalized spacial score (nSPS) is 11.1. The molecule has 0 radical (unpaired) electrons. The summed E-state index contributed by atoms with van der Waals surface area (Å²) in [7, 11) is -1.07. The molecule has 0 aromatic rings. The van der Waals surface area contributed by atoms with Gasteiger partial charge in [-0.15, -0.1) is 6.08 Å². The summed E-state index contributed by atoms with van der Waals surface area (Å²) in [5, 5.41) is 0. The van der Waals surface area contributed by atoms with E-state index in [1.54, 1.807) is 6.08 Å². The summed E-state index contributed by atoms with van der Waals surface area (Å²) in [5.74, 6) is 0.506. The molecule has 0 fully saturated rings. The van der Waals surface area contributed by atoms with Gasteiger partial charge in [0.25, 0.3) is 0 Å². The van der Waals surface area contributed by atoms with Crippen LogP contribution in [0.4, 0.5) is 0 Å². The monoisotopic (exact) mass is 135 g/mol. The van der Waals surface area contributed by atoms with Crippen LogP contribution in [-0.4, -0.2) is 5.75 Å². The summed E-state index contributed by atoms with van der Waals surface area (Å²) in [6.07, 6.45) is 3.63. The zero-order chi connectivity index (χ0) is 5.70. The summed E-state index contributed by atoms with van der Waals surface area (Å²) < 4.78 is 10.1. The van der Waals surface area contributed by atoms with Gasteiger partial charge in [0.15, 0.2) is 0 Å². The fraction of sp³-hybridized carbons (Fsp3) is 0.500. The van der Waals surface area contributed by atoms with Crippen molar-refractivity contribution in [3.8, 4) is 0 Å². The third kappa shape index (κ3) is 6.11. The van der Waals surface area contributed by atoms with E-state index in [2.05, 4.69) is 11.2 Å². The fourth-order valence-corrected chi connectivity index (χ4v) is 0.760. The van der Waals surface area contributed by atoms with Crippen molar-refractivity contribution >= 4 is 20.5 Å². The number of rotatable bonds is 2. The molecule has 0 aliphatic heterocycles. The van der Waals surface area contributed by atoms with Crippen LogP contribution >= 0.6 is 0 Å². The Bertz CT molecular complexity index is 116. The average molecular weight is 135 g/mol. The molecule has 0 aliphatic carbocycles. The Morgan fingerprint density at radius 1 is 1.86 bits per heavy atom. The standard InChI is InChI=1S/C4H7OS2/c1-2-3-4-7(5)6/h2-3H,4H2,1H3/q-1/b3-2+. The van der Waals surface area contributed by atoms with E-state index < -0.39 is 9.36 Å². The van der Waals surface area contributed by atoms with Crippen LogP contribution in [0.1, 0.15) is 6.92 Å². The second-order valence-corrected chi connectivity index (χ2v) is 3.10. The second kappa shape index (κ2) is 4.27. The predicted octanol–water partition coefficient (Wildman–Crippen LogP) is 0.988.